The van der Waals surface area contributed by atoms with Gasteiger partial charge in [-0.05, 0) is 45.7 Å². The van der Waals surface area contributed by atoms with Crippen LogP contribution in [-0.2, 0) is 4.74 Å². The number of pyridine rings is 1. The zero-order valence-corrected chi connectivity index (χ0v) is 13.9. The van der Waals surface area contributed by atoms with Crippen LogP contribution < -0.4 is 11.1 Å². The third-order valence-electron chi connectivity index (χ3n) is 3.42. The van der Waals surface area contributed by atoms with Crippen LogP contribution in [0, 0.1) is 0 Å². The van der Waals surface area contributed by atoms with Crippen LogP contribution in [0.3, 0.4) is 0 Å². The van der Waals surface area contributed by atoms with Crippen molar-refractivity contribution in [2.75, 3.05) is 0 Å². The van der Waals surface area contributed by atoms with Gasteiger partial charge in [0.15, 0.2) is 0 Å². The van der Waals surface area contributed by atoms with E-state index in [-0.39, 0.29) is 5.82 Å². The van der Waals surface area contributed by atoms with E-state index in [0.717, 1.165) is 24.1 Å². The molecule has 2 heterocycles. The van der Waals surface area contributed by atoms with Crippen molar-refractivity contribution in [1.29, 1.82) is 0 Å². The van der Waals surface area contributed by atoms with Gasteiger partial charge in [-0.1, -0.05) is 5.16 Å². The first kappa shape index (κ1) is 16.4. The maximum atomic E-state index is 11.7. The highest BCUT2D eigenvalue weighted by Crippen LogP contribution is 2.39. The SMILES string of the molecule is CC(C)(C)OC(=O)N[C@@H](N)c1noc(-c2ccnc(C3CC3)c2)n1. The van der Waals surface area contributed by atoms with E-state index in [1.165, 1.54) is 0 Å². The Morgan fingerprint density at radius 3 is 2.88 bits per heavy atom. The van der Waals surface area contributed by atoms with E-state index in [9.17, 15) is 4.79 Å². The van der Waals surface area contributed by atoms with Crippen LogP contribution >= 0.6 is 0 Å². The maximum absolute atomic E-state index is 11.7. The van der Waals surface area contributed by atoms with Gasteiger partial charge in [0.05, 0.1) is 0 Å². The smallest absolute Gasteiger partial charge is 0.409 e. The fourth-order valence-corrected chi connectivity index (χ4v) is 2.16. The second-order valence-corrected chi connectivity index (χ2v) is 6.83. The van der Waals surface area contributed by atoms with E-state index in [1.54, 1.807) is 33.0 Å². The van der Waals surface area contributed by atoms with Gasteiger partial charge < -0.3 is 15.0 Å². The van der Waals surface area contributed by atoms with Gasteiger partial charge in [-0.3, -0.25) is 10.3 Å². The van der Waals surface area contributed by atoms with Gasteiger partial charge in [0, 0.05) is 23.4 Å². The summed E-state index contributed by atoms with van der Waals surface area (Å²) in [6, 6.07) is 3.75. The van der Waals surface area contributed by atoms with Crippen LogP contribution in [-0.4, -0.2) is 26.8 Å². The second kappa shape index (κ2) is 6.20. The molecule has 0 saturated heterocycles. The van der Waals surface area contributed by atoms with Gasteiger partial charge in [0.25, 0.3) is 5.89 Å². The molecule has 2 aromatic heterocycles. The number of carbonyl (C=O) groups excluding carboxylic acids is 1. The quantitative estimate of drug-likeness (QED) is 0.827. The van der Waals surface area contributed by atoms with Gasteiger partial charge >= 0.3 is 6.09 Å². The molecule has 128 valence electrons. The highest BCUT2D eigenvalue weighted by molar-refractivity contribution is 5.68. The molecule has 24 heavy (non-hydrogen) atoms. The number of ether oxygens (including phenoxy) is 1. The normalized spacial score (nSPS) is 15.8. The number of rotatable bonds is 4. The fourth-order valence-electron chi connectivity index (χ4n) is 2.16. The lowest BCUT2D eigenvalue weighted by atomic mass is 10.2. The summed E-state index contributed by atoms with van der Waals surface area (Å²) in [5, 5.41) is 6.31. The molecule has 3 N–H and O–H groups in total. The number of hydrogen-bond acceptors (Lipinski definition) is 7. The predicted octanol–water partition coefficient (Wildman–Crippen LogP) is 2.49. The molecule has 0 spiro atoms. The number of hydrogen-bond donors (Lipinski definition) is 2. The highest BCUT2D eigenvalue weighted by atomic mass is 16.6. The molecule has 3 rings (SSSR count). The van der Waals surface area contributed by atoms with Crippen molar-refractivity contribution in [2.24, 2.45) is 5.73 Å². The van der Waals surface area contributed by atoms with E-state index in [2.05, 4.69) is 20.4 Å². The van der Waals surface area contributed by atoms with Crippen molar-refractivity contribution in [3.63, 3.8) is 0 Å². The van der Waals surface area contributed by atoms with Gasteiger partial charge in [-0.25, -0.2) is 4.79 Å². The predicted molar refractivity (Wildman–Crippen MR) is 85.8 cm³/mol. The average Bonchev–Trinajstić information content (AvgIpc) is 3.22. The van der Waals surface area contributed by atoms with Crippen LogP contribution in [0.2, 0.25) is 0 Å². The number of nitrogens with two attached hydrogens (primary N) is 1. The minimum atomic E-state index is -0.915. The van der Waals surface area contributed by atoms with Crippen LogP contribution in [0.25, 0.3) is 11.5 Å². The van der Waals surface area contributed by atoms with Crippen molar-refractivity contribution in [1.82, 2.24) is 20.4 Å². The van der Waals surface area contributed by atoms with Crippen molar-refractivity contribution in [3.05, 3.63) is 29.8 Å². The van der Waals surface area contributed by atoms with Crippen LogP contribution in [0.4, 0.5) is 4.79 Å². The van der Waals surface area contributed by atoms with E-state index in [1.807, 2.05) is 6.07 Å². The lowest BCUT2D eigenvalue weighted by Gasteiger charge is -2.20. The van der Waals surface area contributed by atoms with Gasteiger partial charge in [0.2, 0.25) is 5.82 Å². The average molecular weight is 331 g/mol. The van der Waals surface area contributed by atoms with Crippen molar-refractivity contribution >= 4 is 6.09 Å². The molecule has 1 fully saturated rings. The van der Waals surface area contributed by atoms with Gasteiger partial charge in [-0.2, -0.15) is 4.98 Å². The van der Waals surface area contributed by atoms with E-state index >= 15 is 0 Å². The summed E-state index contributed by atoms with van der Waals surface area (Å²) in [5.41, 5.74) is 7.09. The third kappa shape index (κ3) is 4.08. The molecular formula is C16H21N5O3. The number of aromatic nitrogens is 3. The maximum Gasteiger partial charge on any atom is 0.409 e. The van der Waals surface area contributed by atoms with Crippen molar-refractivity contribution < 1.29 is 14.1 Å². The molecule has 0 aliphatic heterocycles. The summed E-state index contributed by atoms with van der Waals surface area (Å²) in [5.74, 6) is 1.06. The lowest BCUT2D eigenvalue weighted by molar-refractivity contribution is 0.0502. The molecule has 8 nitrogen and oxygen atoms in total. The highest BCUT2D eigenvalue weighted by Gasteiger charge is 2.26. The molecule has 8 heteroatoms. The molecule has 0 bridgehead atoms. The van der Waals surface area contributed by atoms with E-state index < -0.39 is 17.9 Å². The number of carbonyl (C=O) groups is 1. The molecule has 1 aliphatic rings. The molecule has 1 saturated carbocycles. The van der Waals surface area contributed by atoms with Crippen molar-refractivity contribution in [3.8, 4) is 11.5 Å². The van der Waals surface area contributed by atoms with Crippen LogP contribution in [0.5, 0.6) is 0 Å². The number of amides is 1. The fraction of sp³-hybridized carbons (Fsp3) is 0.500. The topological polar surface area (TPSA) is 116 Å². The first-order valence-corrected chi connectivity index (χ1v) is 7.87. The summed E-state index contributed by atoms with van der Waals surface area (Å²) >= 11 is 0. The number of nitrogens with one attached hydrogen (secondary N) is 1. The Morgan fingerprint density at radius 2 is 2.21 bits per heavy atom. The Kier molecular flexibility index (Phi) is 4.23. The molecule has 1 atom stereocenters. The van der Waals surface area contributed by atoms with Crippen LogP contribution in [0.1, 0.15) is 57.2 Å². The Hall–Kier alpha value is -2.48. The Labute approximate surface area is 139 Å². The molecular weight excluding hydrogens is 310 g/mol. The van der Waals surface area contributed by atoms with E-state index in [0.29, 0.717) is 11.8 Å². The lowest BCUT2D eigenvalue weighted by Crippen LogP contribution is -2.38. The molecule has 2 aromatic rings. The number of nitrogens with zero attached hydrogens (tertiary/aromatic N) is 3. The molecule has 0 radical (unpaired) electrons. The second-order valence-electron chi connectivity index (χ2n) is 6.83. The van der Waals surface area contributed by atoms with Gasteiger partial charge in [0.1, 0.15) is 11.8 Å². The first-order valence-electron chi connectivity index (χ1n) is 7.87. The third-order valence-corrected chi connectivity index (χ3v) is 3.42. The zero-order chi connectivity index (χ0) is 17.3. The Morgan fingerprint density at radius 1 is 1.46 bits per heavy atom. The van der Waals surface area contributed by atoms with Gasteiger partial charge in [-0.15, -0.1) is 0 Å². The van der Waals surface area contributed by atoms with Crippen molar-refractivity contribution in [2.45, 2.75) is 51.3 Å². The Bertz CT molecular complexity index is 733. The summed E-state index contributed by atoms with van der Waals surface area (Å²) < 4.78 is 10.4. The number of alkyl carbamates (subject to hydrolysis) is 1. The summed E-state index contributed by atoms with van der Waals surface area (Å²) in [6.07, 6.45) is 2.50. The minimum absolute atomic E-state index is 0.181. The molecule has 1 aliphatic carbocycles. The Balaban J connectivity index is 1.68. The zero-order valence-electron chi connectivity index (χ0n) is 13.9. The van der Waals surface area contributed by atoms with Crippen LogP contribution in [0.15, 0.2) is 22.9 Å². The van der Waals surface area contributed by atoms with E-state index in [4.69, 9.17) is 15.0 Å². The monoisotopic (exact) mass is 331 g/mol. The first-order chi connectivity index (χ1) is 11.3. The summed E-state index contributed by atoms with van der Waals surface area (Å²) in [4.78, 5) is 20.3. The minimum Gasteiger partial charge on any atom is -0.444 e. The molecule has 1 amide bonds. The molecule has 0 unspecified atom stereocenters. The standard InChI is InChI=1S/C16H21N5O3/c1-16(2,3)23-15(22)19-12(17)13-20-14(24-21-13)10-6-7-18-11(8-10)9-4-5-9/h6-9,12H,4-5,17H2,1-3H3,(H,19,22)/t12-/m1/s1. The summed E-state index contributed by atoms with van der Waals surface area (Å²) in [6.45, 7) is 5.31. The molecule has 0 aromatic carbocycles. The largest absolute Gasteiger partial charge is 0.444 e. The summed E-state index contributed by atoms with van der Waals surface area (Å²) in [7, 11) is 0.